The Bertz CT molecular complexity index is 1210. The Labute approximate surface area is 165 Å². The summed E-state index contributed by atoms with van der Waals surface area (Å²) in [6.45, 7) is -2.90. The standard InChI is InChI=1S/C19H12F2N2O5S/c20-18(21)26-13-4-1-10(2-5-13)17-22-23-19(28-17)29-9-11-7-16(25)27-15-8-12(24)3-6-14(11)15/h1-8,18,24H,9H2. The van der Waals surface area contributed by atoms with E-state index in [2.05, 4.69) is 14.9 Å². The van der Waals surface area contributed by atoms with Gasteiger partial charge >= 0.3 is 12.2 Å². The molecule has 0 spiro atoms. The molecule has 2 aromatic heterocycles. The van der Waals surface area contributed by atoms with Crippen molar-refractivity contribution < 1.29 is 27.5 Å². The number of hydrogen-bond donors (Lipinski definition) is 1. The Hall–Kier alpha value is -3.40. The molecule has 29 heavy (non-hydrogen) atoms. The van der Waals surface area contributed by atoms with E-state index in [9.17, 15) is 18.7 Å². The molecule has 4 rings (SSSR count). The summed E-state index contributed by atoms with van der Waals surface area (Å²) in [5.74, 6) is 0.601. The Kier molecular flexibility index (Phi) is 5.17. The molecular weight excluding hydrogens is 406 g/mol. The maximum absolute atomic E-state index is 12.2. The van der Waals surface area contributed by atoms with Gasteiger partial charge in [0.05, 0.1) is 0 Å². The molecule has 0 saturated carbocycles. The van der Waals surface area contributed by atoms with Crippen LogP contribution in [0.1, 0.15) is 5.56 Å². The third kappa shape index (κ3) is 4.37. The number of fused-ring (bicyclic) bond motifs is 1. The van der Waals surface area contributed by atoms with Crippen LogP contribution in [0.15, 0.2) is 67.4 Å². The van der Waals surface area contributed by atoms with Crippen molar-refractivity contribution in [1.82, 2.24) is 10.2 Å². The fourth-order valence-electron chi connectivity index (χ4n) is 2.64. The van der Waals surface area contributed by atoms with Gasteiger partial charge in [0.1, 0.15) is 17.1 Å². The van der Waals surface area contributed by atoms with Crippen molar-refractivity contribution in [2.24, 2.45) is 0 Å². The van der Waals surface area contributed by atoms with Gasteiger partial charge in [0.15, 0.2) is 0 Å². The van der Waals surface area contributed by atoms with Crippen molar-refractivity contribution in [2.75, 3.05) is 0 Å². The first-order chi connectivity index (χ1) is 14.0. The highest BCUT2D eigenvalue weighted by atomic mass is 32.2. The van der Waals surface area contributed by atoms with Gasteiger partial charge in [0.2, 0.25) is 5.89 Å². The molecule has 2 heterocycles. The number of thioether (sulfide) groups is 1. The molecule has 0 bridgehead atoms. The van der Waals surface area contributed by atoms with Crippen LogP contribution < -0.4 is 10.4 Å². The van der Waals surface area contributed by atoms with Crippen molar-refractivity contribution in [2.45, 2.75) is 17.6 Å². The number of aromatic hydroxyl groups is 1. The lowest BCUT2D eigenvalue weighted by molar-refractivity contribution is -0.0498. The molecule has 1 N–H and O–H groups in total. The van der Waals surface area contributed by atoms with Gasteiger partial charge < -0.3 is 18.7 Å². The molecule has 0 unspecified atom stereocenters. The first-order valence-corrected chi connectivity index (χ1v) is 9.24. The SMILES string of the molecule is O=c1cc(CSc2nnc(-c3ccc(OC(F)F)cc3)o2)c2ccc(O)cc2o1. The molecule has 0 aliphatic rings. The van der Waals surface area contributed by atoms with Crippen LogP contribution in [-0.4, -0.2) is 21.9 Å². The van der Waals surface area contributed by atoms with E-state index in [0.717, 1.165) is 0 Å². The summed E-state index contributed by atoms with van der Waals surface area (Å²) in [6.07, 6.45) is 0. The Morgan fingerprint density at radius 3 is 2.62 bits per heavy atom. The molecule has 0 aliphatic carbocycles. The zero-order valence-electron chi connectivity index (χ0n) is 14.5. The number of halogens is 2. The maximum atomic E-state index is 12.2. The highest BCUT2D eigenvalue weighted by Gasteiger charge is 2.13. The quantitative estimate of drug-likeness (QED) is 0.362. The van der Waals surface area contributed by atoms with Gasteiger partial charge in [-0.2, -0.15) is 8.78 Å². The summed E-state index contributed by atoms with van der Waals surface area (Å²) in [5.41, 5.74) is 0.989. The normalized spacial score (nSPS) is 11.3. The number of nitrogens with zero attached hydrogens (tertiary/aromatic N) is 2. The van der Waals surface area contributed by atoms with Crippen LogP contribution in [0.2, 0.25) is 0 Å². The van der Waals surface area contributed by atoms with Crippen molar-refractivity contribution in [3.8, 4) is 23.0 Å². The molecule has 0 aliphatic heterocycles. The van der Waals surface area contributed by atoms with Crippen molar-refractivity contribution in [1.29, 1.82) is 0 Å². The average Bonchev–Trinajstić information content (AvgIpc) is 3.15. The third-order valence-electron chi connectivity index (χ3n) is 3.90. The van der Waals surface area contributed by atoms with E-state index in [-0.39, 0.29) is 28.2 Å². The predicted molar refractivity (Wildman–Crippen MR) is 100 cm³/mol. The number of ether oxygens (including phenoxy) is 1. The van der Waals surface area contributed by atoms with E-state index in [4.69, 9.17) is 8.83 Å². The van der Waals surface area contributed by atoms with Crippen LogP contribution >= 0.6 is 11.8 Å². The largest absolute Gasteiger partial charge is 0.508 e. The van der Waals surface area contributed by atoms with Crippen LogP contribution in [0.4, 0.5) is 8.78 Å². The number of aromatic nitrogens is 2. The number of hydrogen-bond acceptors (Lipinski definition) is 8. The van der Waals surface area contributed by atoms with Gasteiger partial charge in [-0.15, -0.1) is 10.2 Å². The van der Waals surface area contributed by atoms with Crippen LogP contribution in [0.3, 0.4) is 0 Å². The molecule has 148 valence electrons. The number of benzene rings is 2. The van der Waals surface area contributed by atoms with E-state index in [1.807, 2.05) is 0 Å². The minimum atomic E-state index is -2.90. The molecular formula is C19H12F2N2O5S. The van der Waals surface area contributed by atoms with Crippen LogP contribution in [0.25, 0.3) is 22.4 Å². The number of alkyl halides is 2. The zero-order chi connectivity index (χ0) is 20.4. The number of phenols is 1. The summed E-state index contributed by atoms with van der Waals surface area (Å²) in [6, 6.07) is 11.7. The third-order valence-corrected chi connectivity index (χ3v) is 4.77. The van der Waals surface area contributed by atoms with Gasteiger partial charge in [-0.05, 0) is 42.0 Å². The van der Waals surface area contributed by atoms with E-state index in [1.165, 1.54) is 54.2 Å². The topological polar surface area (TPSA) is 98.6 Å². The lowest BCUT2D eigenvalue weighted by Gasteiger charge is -2.04. The van der Waals surface area contributed by atoms with Crippen LogP contribution in [0, 0.1) is 0 Å². The molecule has 0 atom stereocenters. The van der Waals surface area contributed by atoms with Crippen molar-refractivity contribution in [3.63, 3.8) is 0 Å². The van der Waals surface area contributed by atoms with Crippen LogP contribution in [0.5, 0.6) is 11.5 Å². The molecule has 7 nitrogen and oxygen atoms in total. The van der Waals surface area contributed by atoms with E-state index >= 15 is 0 Å². The molecule has 0 fully saturated rings. The molecule has 0 amide bonds. The highest BCUT2D eigenvalue weighted by molar-refractivity contribution is 7.98. The molecule has 0 radical (unpaired) electrons. The van der Waals surface area contributed by atoms with Gasteiger partial charge in [-0.25, -0.2) is 4.79 Å². The van der Waals surface area contributed by atoms with Gasteiger partial charge in [0.25, 0.3) is 5.22 Å². The first-order valence-electron chi connectivity index (χ1n) is 8.25. The average molecular weight is 418 g/mol. The smallest absolute Gasteiger partial charge is 0.387 e. The second-order valence-corrected chi connectivity index (χ2v) is 6.76. The van der Waals surface area contributed by atoms with E-state index in [0.29, 0.717) is 22.3 Å². The van der Waals surface area contributed by atoms with Gasteiger partial charge in [-0.3, -0.25) is 0 Å². The Morgan fingerprint density at radius 2 is 1.86 bits per heavy atom. The van der Waals surface area contributed by atoms with Crippen molar-refractivity contribution in [3.05, 3.63) is 64.5 Å². The summed E-state index contributed by atoms with van der Waals surface area (Å²) < 4.78 is 39.4. The van der Waals surface area contributed by atoms with E-state index in [1.54, 1.807) is 6.07 Å². The zero-order valence-corrected chi connectivity index (χ0v) is 15.4. The summed E-state index contributed by atoms with van der Waals surface area (Å²) in [5, 5.41) is 18.4. The number of rotatable bonds is 6. The minimum absolute atomic E-state index is 0.00281. The fourth-order valence-corrected chi connectivity index (χ4v) is 3.40. The summed E-state index contributed by atoms with van der Waals surface area (Å²) in [4.78, 5) is 11.7. The molecule has 0 saturated heterocycles. The predicted octanol–water partition coefficient (Wildman–Crippen LogP) is 4.44. The minimum Gasteiger partial charge on any atom is -0.508 e. The first kappa shape index (κ1) is 18.9. The van der Waals surface area contributed by atoms with Crippen molar-refractivity contribution >= 4 is 22.7 Å². The maximum Gasteiger partial charge on any atom is 0.387 e. The Morgan fingerprint density at radius 1 is 1.07 bits per heavy atom. The van der Waals surface area contributed by atoms with Gasteiger partial charge in [-0.1, -0.05) is 11.8 Å². The second kappa shape index (κ2) is 7.92. The fraction of sp³-hybridized carbons (Fsp3) is 0.105. The molecule has 2 aromatic carbocycles. The van der Waals surface area contributed by atoms with Gasteiger partial charge in [0, 0.05) is 28.8 Å². The number of phenolic OH excluding ortho intramolecular Hbond substituents is 1. The highest BCUT2D eigenvalue weighted by Crippen LogP contribution is 2.29. The second-order valence-electron chi connectivity index (χ2n) is 5.84. The summed E-state index contributed by atoms with van der Waals surface area (Å²) in [7, 11) is 0. The lowest BCUT2D eigenvalue weighted by Crippen LogP contribution is -2.01. The lowest BCUT2D eigenvalue weighted by atomic mass is 10.1. The molecule has 4 aromatic rings. The molecule has 10 heteroatoms. The van der Waals surface area contributed by atoms with E-state index < -0.39 is 12.2 Å². The Balaban J connectivity index is 1.50. The van der Waals surface area contributed by atoms with Crippen LogP contribution in [-0.2, 0) is 5.75 Å². The summed E-state index contributed by atoms with van der Waals surface area (Å²) >= 11 is 1.22. The monoisotopic (exact) mass is 418 g/mol.